The minimum atomic E-state index is 0.762. The molecule has 0 radical (unpaired) electrons. The number of ether oxygens (including phenoxy) is 1. The van der Waals surface area contributed by atoms with Crippen molar-refractivity contribution >= 4 is 15.9 Å². The van der Waals surface area contributed by atoms with Crippen LogP contribution in [0.2, 0.25) is 0 Å². The Hall–Kier alpha value is -0.580. The maximum atomic E-state index is 5.49. The minimum Gasteiger partial charge on any atom is -0.496 e. The molecule has 0 aliphatic rings. The molecule has 0 fully saturated rings. The van der Waals surface area contributed by atoms with Gasteiger partial charge >= 0.3 is 0 Å². The van der Waals surface area contributed by atoms with E-state index in [-0.39, 0.29) is 0 Å². The molecule has 0 heterocycles. The molecular weight excluding hydrogens is 280 g/mol. The molecule has 0 amide bonds. The first-order chi connectivity index (χ1) is 8.17. The van der Waals surface area contributed by atoms with Crippen LogP contribution in [0.4, 0.5) is 0 Å². The molecule has 0 aromatic heterocycles. The second-order valence-corrected chi connectivity index (χ2v) is 5.02. The molecule has 0 saturated carbocycles. The highest BCUT2D eigenvalue weighted by molar-refractivity contribution is 9.10. The Kier molecular flexibility index (Phi) is 6.55. The Morgan fingerprint density at radius 1 is 1.35 bits per heavy atom. The monoisotopic (exact) mass is 300 g/mol. The van der Waals surface area contributed by atoms with Crippen molar-refractivity contribution in [3.8, 4) is 5.75 Å². The Bertz CT molecular complexity index is 344. The first-order valence-corrected chi connectivity index (χ1v) is 6.67. The van der Waals surface area contributed by atoms with E-state index in [4.69, 9.17) is 10.5 Å². The molecular formula is C13H21BrN2O. The lowest BCUT2D eigenvalue weighted by Gasteiger charge is -2.16. The van der Waals surface area contributed by atoms with E-state index in [0.29, 0.717) is 0 Å². The van der Waals surface area contributed by atoms with Gasteiger partial charge in [-0.3, -0.25) is 0 Å². The Morgan fingerprint density at radius 2 is 2.12 bits per heavy atom. The third-order valence-corrected chi connectivity index (χ3v) is 3.36. The van der Waals surface area contributed by atoms with Crippen LogP contribution in [0.5, 0.6) is 5.75 Å². The number of halogens is 1. The third-order valence-electron chi connectivity index (χ3n) is 2.74. The van der Waals surface area contributed by atoms with Crippen molar-refractivity contribution in [2.24, 2.45) is 5.73 Å². The van der Waals surface area contributed by atoms with Crippen LogP contribution < -0.4 is 10.5 Å². The summed E-state index contributed by atoms with van der Waals surface area (Å²) in [5.41, 5.74) is 6.81. The average molecular weight is 301 g/mol. The van der Waals surface area contributed by atoms with Gasteiger partial charge in [0.15, 0.2) is 0 Å². The summed E-state index contributed by atoms with van der Waals surface area (Å²) in [5.74, 6) is 0.880. The lowest BCUT2D eigenvalue weighted by Crippen LogP contribution is -2.24. The standard InChI is InChI=1S/C13H21BrN2O/c1-16(8-3-7-15)9-6-11-4-5-13(17-2)12(14)10-11/h4-5,10H,3,6-9,15H2,1-2H3. The van der Waals surface area contributed by atoms with Gasteiger partial charge in [0.05, 0.1) is 11.6 Å². The van der Waals surface area contributed by atoms with Gasteiger partial charge in [0.25, 0.3) is 0 Å². The summed E-state index contributed by atoms with van der Waals surface area (Å²) in [4.78, 5) is 2.31. The molecule has 2 N–H and O–H groups in total. The summed E-state index contributed by atoms with van der Waals surface area (Å²) >= 11 is 3.50. The Balaban J connectivity index is 2.44. The quantitative estimate of drug-likeness (QED) is 0.840. The molecule has 0 saturated heterocycles. The maximum absolute atomic E-state index is 5.49. The fourth-order valence-electron chi connectivity index (χ4n) is 1.66. The van der Waals surface area contributed by atoms with Crippen molar-refractivity contribution in [2.75, 3.05) is 33.8 Å². The van der Waals surface area contributed by atoms with E-state index in [0.717, 1.165) is 42.7 Å². The van der Waals surface area contributed by atoms with Gasteiger partial charge in [-0.15, -0.1) is 0 Å². The summed E-state index contributed by atoms with van der Waals surface area (Å²) in [6.07, 6.45) is 2.10. The van der Waals surface area contributed by atoms with E-state index in [1.807, 2.05) is 6.07 Å². The number of hydrogen-bond acceptors (Lipinski definition) is 3. The third kappa shape index (κ3) is 5.06. The fraction of sp³-hybridized carbons (Fsp3) is 0.538. The normalized spacial score (nSPS) is 10.9. The van der Waals surface area contributed by atoms with Gasteiger partial charge in [-0.25, -0.2) is 0 Å². The van der Waals surface area contributed by atoms with Gasteiger partial charge in [-0.2, -0.15) is 0 Å². The molecule has 3 nitrogen and oxygen atoms in total. The van der Waals surface area contributed by atoms with Crippen LogP contribution in [0.1, 0.15) is 12.0 Å². The first kappa shape index (κ1) is 14.5. The Morgan fingerprint density at radius 3 is 2.71 bits per heavy atom. The highest BCUT2D eigenvalue weighted by Crippen LogP contribution is 2.25. The van der Waals surface area contributed by atoms with Crippen molar-refractivity contribution in [2.45, 2.75) is 12.8 Å². The largest absolute Gasteiger partial charge is 0.496 e. The number of rotatable bonds is 7. The number of methoxy groups -OCH3 is 1. The molecule has 0 unspecified atom stereocenters. The number of hydrogen-bond donors (Lipinski definition) is 1. The van der Waals surface area contributed by atoms with Crippen LogP contribution in [0, 0.1) is 0 Å². The van der Waals surface area contributed by atoms with Crippen LogP contribution in [0.25, 0.3) is 0 Å². The molecule has 0 aliphatic heterocycles. The minimum absolute atomic E-state index is 0.762. The summed E-state index contributed by atoms with van der Waals surface area (Å²) < 4.78 is 6.22. The van der Waals surface area contributed by atoms with Crippen molar-refractivity contribution in [1.29, 1.82) is 0 Å². The van der Waals surface area contributed by atoms with Crippen molar-refractivity contribution in [3.63, 3.8) is 0 Å². The van der Waals surface area contributed by atoms with Crippen molar-refractivity contribution in [3.05, 3.63) is 28.2 Å². The summed E-state index contributed by atoms with van der Waals surface area (Å²) in [7, 11) is 3.81. The first-order valence-electron chi connectivity index (χ1n) is 5.88. The van der Waals surface area contributed by atoms with E-state index < -0.39 is 0 Å². The highest BCUT2D eigenvalue weighted by Gasteiger charge is 2.03. The molecule has 4 heteroatoms. The van der Waals surface area contributed by atoms with Crippen LogP contribution in [0.3, 0.4) is 0 Å². The van der Waals surface area contributed by atoms with Gasteiger partial charge in [0.2, 0.25) is 0 Å². The Labute approximate surface area is 112 Å². The zero-order chi connectivity index (χ0) is 12.7. The van der Waals surface area contributed by atoms with Gasteiger partial charge in [-0.05, 0) is 66.6 Å². The number of nitrogens with two attached hydrogens (primary N) is 1. The van der Waals surface area contributed by atoms with E-state index >= 15 is 0 Å². The van der Waals surface area contributed by atoms with E-state index in [1.165, 1.54) is 5.56 Å². The van der Waals surface area contributed by atoms with Crippen LogP contribution in [-0.2, 0) is 6.42 Å². The number of likely N-dealkylation sites (N-methyl/N-ethyl adjacent to an activating group) is 1. The van der Waals surface area contributed by atoms with E-state index in [9.17, 15) is 0 Å². The number of nitrogens with zero attached hydrogens (tertiary/aromatic N) is 1. The lowest BCUT2D eigenvalue weighted by molar-refractivity contribution is 0.335. The van der Waals surface area contributed by atoms with Gasteiger partial charge in [-0.1, -0.05) is 6.07 Å². The SMILES string of the molecule is COc1ccc(CCN(C)CCCN)cc1Br. The number of benzene rings is 1. The molecule has 17 heavy (non-hydrogen) atoms. The average Bonchev–Trinajstić information content (AvgIpc) is 2.34. The van der Waals surface area contributed by atoms with E-state index in [2.05, 4.69) is 40.0 Å². The molecule has 1 aromatic rings. The van der Waals surface area contributed by atoms with Crippen LogP contribution in [-0.4, -0.2) is 38.7 Å². The predicted molar refractivity (Wildman–Crippen MR) is 75.6 cm³/mol. The fourth-order valence-corrected chi connectivity index (χ4v) is 2.25. The molecule has 1 aromatic carbocycles. The van der Waals surface area contributed by atoms with Crippen LogP contribution >= 0.6 is 15.9 Å². The highest BCUT2D eigenvalue weighted by atomic mass is 79.9. The predicted octanol–water partition coefficient (Wildman–Crippen LogP) is 2.28. The summed E-state index contributed by atoms with van der Waals surface area (Å²) in [5, 5.41) is 0. The zero-order valence-electron chi connectivity index (χ0n) is 10.6. The van der Waals surface area contributed by atoms with Gasteiger partial charge < -0.3 is 15.4 Å². The van der Waals surface area contributed by atoms with E-state index in [1.54, 1.807) is 7.11 Å². The van der Waals surface area contributed by atoms with Gasteiger partial charge in [0.1, 0.15) is 5.75 Å². The molecule has 0 spiro atoms. The topological polar surface area (TPSA) is 38.5 Å². The van der Waals surface area contributed by atoms with Gasteiger partial charge in [0, 0.05) is 6.54 Å². The van der Waals surface area contributed by atoms with Crippen LogP contribution in [0.15, 0.2) is 22.7 Å². The second-order valence-electron chi connectivity index (χ2n) is 4.16. The van der Waals surface area contributed by atoms with Crippen molar-refractivity contribution < 1.29 is 4.74 Å². The smallest absolute Gasteiger partial charge is 0.133 e. The molecule has 96 valence electrons. The molecule has 0 aliphatic carbocycles. The second kappa shape index (κ2) is 7.69. The molecule has 0 atom stereocenters. The van der Waals surface area contributed by atoms with Crippen molar-refractivity contribution in [1.82, 2.24) is 4.90 Å². The summed E-state index contributed by atoms with van der Waals surface area (Å²) in [6.45, 7) is 2.88. The maximum Gasteiger partial charge on any atom is 0.133 e. The summed E-state index contributed by atoms with van der Waals surface area (Å²) in [6, 6.07) is 6.23. The molecule has 0 bridgehead atoms. The lowest BCUT2D eigenvalue weighted by atomic mass is 10.1. The zero-order valence-corrected chi connectivity index (χ0v) is 12.2. The molecule has 1 rings (SSSR count).